The first-order chi connectivity index (χ1) is 12.4. The Hall–Kier alpha value is -1.55. The number of carbonyl (C=O) groups is 1. The van der Waals surface area contributed by atoms with E-state index in [0.29, 0.717) is 32.0 Å². The number of halogens is 5. The number of fused-ring (bicyclic) bond motifs is 1. The number of aromatic nitrogens is 2. The van der Waals surface area contributed by atoms with Crippen molar-refractivity contribution >= 4 is 41.8 Å². The Balaban J connectivity index is 0.00000196. The van der Waals surface area contributed by atoms with Gasteiger partial charge in [-0.2, -0.15) is 13.2 Å². The van der Waals surface area contributed by atoms with Crippen LogP contribution in [0.2, 0.25) is 0 Å². The van der Waals surface area contributed by atoms with Gasteiger partial charge in [-0.1, -0.05) is 12.1 Å². The van der Waals surface area contributed by atoms with Crippen molar-refractivity contribution in [2.24, 2.45) is 0 Å². The van der Waals surface area contributed by atoms with Crippen LogP contribution in [0.25, 0.3) is 11.0 Å². The third kappa shape index (κ3) is 5.73. The maximum absolute atomic E-state index is 13.4. The van der Waals surface area contributed by atoms with Gasteiger partial charge in [0.15, 0.2) is 0 Å². The summed E-state index contributed by atoms with van der Waals surface area (Å²) in [4.78, 5) is 18.0. The number of benzene rings is 1. The second kappa shape index (κ2) is 10.3. The lowest BCUT2D eigenvalue weighted by Gasteiger charge is -2.35. The van der Waals surface area contributed by atoms with Crippen molar-refractivity contribution in [3.8, 4) is 0 Å². The van der Waals surface area contributed by atoms with Crippen LogP contribution in [0.1, 0.15) is 5.82 Å². The highest BCUT2D eigenvalue weighted by Gasteiger charge is 2.43. The van der Waals surface area contributed by atoms with Crippen molar-refractivity contribution in [1.82, 2.24) is 25.1 Å². The zero-order chi connectivity index (χ0) is 18.7. The number of nitrogens with one attached hydrogen (secondary N) is 2. The average Bonchev–Trinajstić information content (AvgIpc) is 2.90. The van der Waals surface area contributed by atoms with E-state index in [1.54, 1.807) is 11.5 Å². The summed E-state index contributed by atoms with van der Waals surface area (Å²) in [6, 6.07) is 5.68. The number of hydrogen-bond acceptors (Lipinski definition) is 4. The van der Waals surface area contributed by atoms with E-state index in [2.05, 4.69) is 15.6 Å². The maximum Gasteiger partial charge on any atom is 0.405 e. The van der Waals surface area contributed by atoms with Crippen LogP contribution in [0.5, 0.6) is 0 Å². The second-order valence-electron chi connectivity index (χ2n) is 6.38. The number of rotatable bonds is 5. The van der Waals surface area contributed by atoms with Gasteiger partial charge < -0.3 is 15.2 Å². The van der Waals surface area contributed by atoms with Crippen LogP contribution in [0.4, 0.5) is 13.2 Å². The normalized spacial score (nSPS) is 16.1. The monoisotopic (exact) mass is 441 g/mol. The van der Waals surface area contributed by atoms with Crippen LogP contribution in [0.3, 0.4) is 0 Å². The predicted octanol–water partition coefficient (Wildman–Crippen LogP) is 2.14. The number of para-hydroxylation sites is 2. The van der Waals surface area contributed by atoms with Gasteiger partial charge in [0.05, 0.1) is 11.0 Å². The Bertz CT molecular complexity index is 778. The van der Waals surface area contributed by atoms with Gasteiger partial charge in [0.2, 0.25) is 5.91 Å². The fourth-order valence-corrected chi connectivity index (χ4v) is 3.25. The Labute approximate surface area is 173 Å². The number of alkyl halides is 3. The molecule has 2 aromatic rings. The molecule has 11 heteroatoms. The van der Waals surface area contributed by atoms with E-state index in [1.807, 2.05) is 24.3 Å². The van der Waals surface area contributed by atoms with Crippen molar-refractivity contribution in [2.45, 2.75) is 25.7 Å². The molecule has 1 aromatic heterocycles. The summed E-state index contributed by atoms with van der Waals surface area (Å²) in [5.41, 5.74) is 1.54. The zero-order valence-corrected chi connectivity index (χ0v) is 17.0. The molecule has 0 saturated carbocycles. The van der Waals surface area contributed by atoms with Gasteiger partial charge in [-0.15, -0.1) is 24.8 Å². The summed E-state index contributed by atoms with van der Waals surface area (Å²) in [7, 11) is 0. The molecule has 0 spiro atoms. The van der Waals surface area contributed by atoms with E-state index < -0.39 is 24.7 Å². The van der Waals surface area contributed by atoms with E-state index in [4.69, 9.17) is 0 Å². The summed E-state index contributed by atoms with van der Waals surface area (Å²) >= 11 is 0. The van der Waals surface area contributed by atoms with Gasteiger partial charge in [-0.3, -0.25) is 9.69 Å². The lowest BCUT2D eigenvalue weighted by Crippen LogP contribution is -2.57. The molecular formula is C17H24Cl2F3N5O. The number of amides is 1. The quantitative estimate of drug-likeness (QED) is 0.745. The third-order valence-electron chi connectivity index (χ3n) is 4.61. The van der Waals surface area contributed by atoms with Crippen LogP contribution in [0, 0.1) is 6.92 Å². The summed E-state index contributed by atoms with van der Waals surface area (Å²) in [5.74, 6) is 0.191. The predicted molar refractivity (Wildman–Crippen MR) is 106 cm³/mol. The SMILES string of the molecule is Cc1nc2ccccc2n1CC(=O)NCC(N1CCNCC1)C(F)(F)F.Cl.Cl. The Kier molecular flexibility index (Phi) is 9.00. The smallest absolute Gasteiger partial charge is 0.353 e. The maximum atomic E-state index is 13.4. The number of aryl methyl sites for hydroxylation is 1. The molecule has 2 N–H and O–H groups in total. The molecule has 1 atom stereocenters. The molecule has 1 saturated heterocycles. The van der Waals surface area contributed by atoms with Crippen LogP contribution in [-0.4, -0.2) is 65.3 Å². The van der Waals surface area contributed by atoms with Crippen LogP contribution in [-0.2, 0) is 11.3 Å². The third-order valence-corrected chi connectivity index (χ3v) is 4.61. The first-order valence-corrected chi connectivity index (χ1v) is 8.56. The van der Waals surface area contributed by atoms with Gasteiger partial charge >= 0.3 is 6.18 Å². The molecule has 1 aromatic carbocycles. The Morgan fingerprint density at radius 1 is 1.25 bits per heavy atom. The van der Waals surface area contributed by atoms with E-state index in [0.717, 1.165) is 11.0 Å². The Morgan fingerprint density at radius 3 is 2.54 bits per heavy atom. The zero-order valence-electron chi connectivity index (χ0n) is 15.3. The standard InChI is InChI=1S/C17H22F3N5O.2ClH/c1-12-23-13-4-2-3-5-14(13)25(12)11-16(26)22-10-15(17(18,19)20)24-8-6-21-7-9-24;;/h2-5,15,21H,6-11H2,1H3,(H,22,26);2*1H. The molecule has 28 heavy (non-hydrogen) atoms. The average molecular weight is 442 g/mol. The molecule has 2 heterocycles. The van der Waals surface area contributed by atoms with Crippen molar-refractivity contribution in [3.05, 3.63) is 30.1 Å². The summed E-state index contributed by atoms with van der Waals surface area (Å²) in [6.07, 6.45) is -4.39. The molecule has 0 aliphatic carbocycles. The molecular weight excluding hydrogens is 418 g/mol. The van der Waals surface area contributed by atoms with E-state index in [9.17, 15) is 18.0 Å². The fraction of sp³-hybridized carbons (Fsp3) is 0.529. The van der Waals surface area contributed by atoms with Gasteiger partial charge in [0.25, 0.3) is 0 Å². The summed E-state index contributed by atoms with van der Waals surface area (Å²) in [5, 5.41) is 5.48. The van der Waals surface area contributed by atoms with E-state index in [-0.39, 0.29) is 31.4 Å². The van der Waals surface area contributed by atoms with Gasteiger partial charge in [0.1, 0.15) is 18.4 Å². The second-order valence-corrected chi connectivity index (χ2v) is 6.38. The number of imidazole rings is 1. The van der Waals surface area contributed by atoms with Crippen LogP contribution >= 0.6 is 24.8 Å². The minimum Gasteiger partial charge on any atom is -0.353 e. The lowest BCUT2D eigenvalue weighted by molar-refractivity contribution is -0.184. The first kappa shape index (κ1) is 24.5. The van der Waals surface area contributed by atoms with E-state index in [1.165, 1.54) is 4.90 Å². The highest BCUT2D eigenvalue weighted by atomic mass is 35.5. The number of hydrogen-bond donors (Lipinski definition) is 2. The molecule has 3 rings (SSSR count). The van der Waals surface area contributed by atoms with E-state index >= 15 is 0 Å². The van der Waals surface area contributed by atoms with Crippen LogP contribution < -0.4 is 10.6 Å². The first-order valence-electron chi connectivity index (χ1n) is 8.56. The molecule has 1 aliphatic heterocycles. The molecule has 0 bridgehead atoms. The largest absolute Gasteiger partial charge is 0.405 e. The highest BCUT2D eigenvalue weighted by Crippen LogP contribution is 2.24. The highest BCUT2D eigenvalue weighted by molar-refractivity contribution is 5.85. The van der Waals surface area contributed by atoms with Gasteiger partial charge in [0, 0.05) is 32.7 Å². The molecule has 1 aliphatic rings. The minimum atomic E-state index is -4.39. The van der Waals surface area contributed by atoms with Crippen molar-refractivity contribution in [3.63, 3.8) is 0 Å². The lowest BCUT2D eigenvalue weighted by atomic mass is 10.2. The number of piperazine rings is 1. The minimum absolute atomic E-state index is 0. The molecule has 6 nitrogen and oxygen atoms in total. The summed E-state index contributed by atoms with van der Waals surface area (Å²) < 4.78 is 41.8. The van der Waals surface area contributed by atoms with Gasteiger partial charge in [-0.25, -0.2) is 4.98 Å². The number of carbonyl (C=O) groups excluding carboxylic acids is 1. The molecule has 1 fully saturated rings. The fourth-order valence-electron chi connectivity index (χ4n) is 3.25. The molecule has 158 valence electrons. The van der Waals surface area contributed by atoms with Crippen molar-refractivity contribution < 1.29 is 18.0 Å². The number of nitrogens with zero attached hydrogens (tertiary/aromatic N) is 3. The van der Waals surface area contributed by atoms with Crippen molar-refractivity contribution in [1.29, 1.82) is 0 Å². The summed E-state index contributed by atoms with van der Waals surface area (Å²) in [6.45, 7) is 2.91. The van der Waals surface area contributed by atoms with Crippen molar-refractivity contribution in [2.75, 3.05) is 32.7 Å². The molecule has 0 radical (unpaired) electrons. The van der Waals surface area contributed by atoms with Gasteiger partial charge in [-0.05, 0) is 19.1 Å². The topological polar surface area (TPSA) is 62.2 Å². The Morgan fingerprint density at radius 2 is 1.89 bits per heavy atom. The van der Waals surface area contributed by atoms with Crippen LogP contribution in [0.15, 0.2) is 24.3 Å². The molecule has 1 amide bonds. The molecule has 1 unspecified atom stereocenters.